The fourth-order valence-corrected chi connectivity index (χ4v) is 4.93. The smallest absolute Gasteiger partial charge is 0.227 e. The van der Waals surface area contributed by atoms with E-state index < -0.39 is 5.54 Å². The Morgan fingerprint density at radius 1 is 1.19 bits per heavy atom. The van der Waals surface area contributed by atoms with Crippen LogP contribution in [0.2, 0.25) is 0 Å². The van der Waals surface area contributed by atoms with Crippen LogP contribution >= 0.6 is 0 Å². The molecule has 8 nitrogen and oxygen atoms in total. The molecule has 2 aromatic rings. The second-order valence-corrected chi connectivity index (χ2v) is 8.69. The highest BCUT2D eigenvalue weighted by Crippen LogP contribution is 2.35. The summed E-state index contributed by atoms with van der Waals surface area (Å²) in [5.41, 5.74) is 0.381. The average molecular weight is 426 g/mol. The molecule has 8 heteroatoms. The van der Waals surface area contributed by atoms with Crippen LogP contribution in [0.25, 0.3) is 0 Å². The van der Waals surface area contributed by atoms with E-state index in [0.717, 1.165) is 63.6 Å². The predicted octanol–water partition coefficient (Wildman–Crippen LogP) is 3.45. The Hall–Kier alpha value is -2.77. The lowest BCUT2D eigenvalue weighted by Crippen LogP contribution is -2.45. The number of carbonyl (C=O) groups is 2. The number of amides is 2. The lowest BCUT2D eigenvalue weighted by molar-refractivity contribution is -0.132. The number of likely N-dealkylation sites (tertiary alicyclic amines) is 1. The molecule has 31 heavy (non-hydrogen) atoms. The van der Waals surface area contributed by atoms with Gasteiger partial charge in [-0.2, -0.15) is 4.98 Å². The molecule has 1 atom stereocenters. The van der Waals surface area contributed by atoms with E-state index in [1.807, 2.05) is 23.1 Å². The van der Waals surface area contributed by atoms with Crippen LogP contribution in [0.15, 0.2) is 28.9 Å². The first kappa shape index (κ1) is 21.5. The second kappa shape index (κ2) is 9.58. The van der Waals surface area contributed by atoms with Crippen LogP contribution < -0.4 is 5.32 Å². The second-order valence-electron chi connectivity index (χ2n) is 8.69. The van der Waals surface area contributed by atoms with Crippen molar-refractivity contribution in [3.8, 4) is 0 Å². The van der Waals surface area contributed by atoms with Crippen LogP contribution in [0.3, 0.4) is 0 Å². The summed E-state index contributed by atoms with van der Waals surface area (Å²) in [6, 6.07) is 5.87. The molecule has 0 radical (unpaired) electrons. The standard InChI is InChI=1S/C23H31N5O3/c1-17(29)26-23(13-5-2-3-6-14-23)22-25-20(31-27-22)11-12-21(30)28-16-8-10-19(28)18-9-4-7-15-24-18/h4,7,9,15,19H,2-3,5-6,8,10-14,16H2,1H3,(H,26,29). The quantitative estimate of drug-likeness (QED) is 0.712. The van der Waals surface area contributed by atoms with Crippen molar-refractivity contribution in [3.05, 3.63) is 41.8 Å². The van der Waals surface area contributed by atoms with Gasteiger partial charge in [-0.3, -0.25) is 14.6 Å². The molecule has 1 aliphatic heterocycles. The van der Waals surface area contributed by atoms with E-state index in [4.69, 9.17) is 4.52 Å². The minimum atomic E-state index is -0.562. The summed E-state index contributed by atoms with van der Waals surface area (Å²) in [5.74, 6) is 0.988. The first-order chi connectivity index (χ1) is 15.1. The van der Waals surface area contributed by atoms with Gasteiger partial charge in [-0.1, -0.05) is 36.9 Å². The fourth-order valence-electron chi connectivity index (χ4n) is 4.93. The van der Waals surface area contributed by atoms with Gasteiger partial charge in [0.25, 0.3) is 0 Å². The van der Waals surface area contributed by atoms with E-state index in [0.29, 0.717) is 24.6 Å². The average Bonchev–Trinajstić information content (AvgIpc) is 3.39. The van der Waals surface area contributed by atoms with Gasteiger partial charge in [-0.15, -0.1) is 0 Å². The molecule has 1 N–H and O–H groups in total. The van der Waals surface area contributed by atoms with Crippen LogP contribution in [-0.2, 0) is 21.5 Å². The van der Waals surface area contributed by atoms with Gasteiger partial charge in [0.1, 0.15) is 5.54 Å². The van der Waals surface area contributed by atoms with Gasteiger partial charge in [0, 0.05) is 32.5 Å². The molecule has 2 amide bonds. The zero-order valence-corrected chi connectivity index (χ0v) is 18.2. The summed E-state index contributed by atoms with van der Waals surface area (Å²) >= 11 is 0. The van der Waals surface area contributed by atoms with Gasteiger partial charge in [0.15, 0.2) is 5.82 Å². The summed E-state index contributed by atoms with van der Waals surface area (Å²) in [5, 5.41) is 7.30. The van der Waals surface area contributed by atoms with Crippen LogP contribution in [-0.4, -0.2) is 38.4 Å². The normalized spacial score (nSPS) is 20.9. The SMILES string of the molecule is CC(=O)NC1(c2noc(CCC(=O)N3CCCC3c3ccccn3)n2)CCCCCC1. The van der Waals surface area contributed by atoms with E-state index in [-0.39, 0.29) is 17.9 Å². The molecular weight excluding hydrogens is 394 g/mol. The molecule has 0 bridgehead atoms. The molecule has 1 saturated heterocycles. The summed E-state index contributed by atoms with van der Waals surface area (Å²) in [4.78, 5) is 35.7. The first-order valence-corrected chi connectivity index (χ1v) is 11.4. The van der Waals surface area contributed by atoms with Gasteiger partial charge < -0.3 is 14.7 Å². The molecule has 2 aromatic heterocycles. The Labute approximate surface area is 182 Å². The Bertz CT molecular complexity index is 890. The largest absolute Gasteiger partial charge is 0.343 e. The fraction of sp³-hybridized carbons (Fsp3) is 0.609. The summed E-state index contributed by atoms with van der Waals surface area (Å²) in [7, 11) is 0. The molecule has 0 spiro atoms. The highest BCUT2D eigenvalue weighted by atomic mass is 16.5. The number of carbonyl (C=O) groups excluding carboxylic acids is 2. The molecule has 166 valence electrons. The van der Waals surface area contributed by atoms with Crippen LogP contribution in [0.1, 0.15) is 88.2 Å². The van der Waals surface area contributed by atoms with E-state index >= 15 is 0 Å². The minimum Gasteiger partial charge on any atom is -0.343 e. The third-order valence-electron chi connectivity index (χ3n) is 6.42. The number of nitrogens with one attached hydrogen (secondary N) is 1. The highest BCUT2D eigenvalue weighted by molar-refractivity contribution is 5.77. The molecule has 2 aliphatic rings. The van der Waals surface area contributed by atoms with Crippen LogP contribution in [0.5, 0.6) is 0 Å². The number of nitrogens with zero attached hydrogens (tertiary/aromatic N) is 4. The number of aryl methyl sites for hydroxylation is 1. The maximum Gasteiger partial charge on any atom is 0.227 e. The summed E-state index contributed by atoms with van der Waals surface area (Å²) in [6.07, 6.45) is 10.4. The molecule has 2 fully saturated rings. The third kappa shape index (κ3) is 4.94. The molecule has 3 heterocycles. The highest BCUT2D eigenvalue weighted by Gasteiger charge is 2.38. The van der Waals surface area contributed by atoms with E-state index in [9.17, 15) is 9.59 Å². The van der Waals surface area contributed by atoms with E-state index in [1.165, 1.54) is 6.92 Å². The molecule has 1 aliphatic carbocycles. The summed E-state index contributed by atoms with van der Waals surface area (Å²) < 4.78 is 5.49. The topological polar surface area (TPSA) is 101 Å². The van der Waals surface area contributed by atoms with E-state index in [2.05, 4.69) is 20.4 Å². The number of pyridine rings is 1. The number of aromatic nitrogens is 3. The van der Waals surface area contributed by atoms with Crippen molar-refractivity contribution in [2.45, 2.75) is 82.7 Å². The molecule has 1 unspecified atom stereocenters. The predicted molar refractivity (Wildman–Crippen MR) is 114 cm³/mol. The van der Waals surface area contributed by atoms with Gasteiger partial charge in [-0.25, -0.2) is 0 Å². The number of hydrogen-bond acceptors (Lipinski definition) is 6. The lowest BCUT2D eigenvalue weighted by Gasteiger charge is -2.30. The molecule has 0 aromatic carbocycles. The van der Waals surface area contributed by atoms with Crippen molar-refractivity contribution in [1.29, 1.82) is 0 Å². The lowest BCUT2D eigenvalue weighted by atomic mass is 9.89. The maximum atomic E-state index is 12.9. The monoisotopic (exact) mass is 425 g/mol. The van der Waals surface area contributed by atoms with Crippen molar-refractivity contribution in [1.82, 2.24) is 25.3 Å². The number of hydrogen-bond donors (Lipinski definition) is 1. The van der Waals surface area contributed by atoms with Crippen molar-refractivity contribution in [2.75, 3.05) is 6.54 Å². The maximum absolute atomic E-state index is 12.9. The molecule has 1 saturated carbocycles. The van der Waals surface area contributed by atoms with Gasteiger partial charge in [0.2, 0.25) is 17.7 Å². The third-order valence-corrected chi connectivity index (χ3v) is 6.42. The zero-order valence-electron chi connectivity index (χ0n) is 18.2. The van der Waals surface area contributed by atoms with Gasteiger partial charge in [0.05, 0.1) is 11.7 Å². The summed E-state index contributed by atoms with van der Waals surface area (Å²) in [6.45, 7) is 2.28. The Kier molecular flexibility index (Phi) is 6.63. The van der Waals surface area contributed by atoms with Crippen LogP contribution in [0.4, 0.5) is 0 Å². The first-order valence-electron chi connectivity index (χ1n) is 11.4. The number of rotatable bonds is 6. The van der Waals surface area contributed by atoms with E-state index in [1.54, 1.807) is 6.20 Å². The molecule has 4 rings (SSSR count). The minimum absolute atomic E-state index is 0.0426. The van der Waals surface area contributed by atoms with Crippen LogP contribution in [0, 0.1) is 0 Å². The van der Waals surface area contributed by atoms with Crippen molar-refractivity contribution < 1.29 is 14.1 Å². The Morgan fingerprint density at radius 3 is 2.71 bits per heavy atom. The molecular formula is C23H31N5O3. The van der Waals surface area contributed by atoms with Crippen molar-refractivity contribution in [3.63, 3.8) is 0 Å². The van der Waals surface area contributed by atoms with Crippen molar-refractivity contribution in [2.24, 2.45) is 0 Å². The van der Waals surface area contributed by atoms with Gasteiger partial charge in [-0.05, 0) is 37.8 Å². The Balaban J connectivity index is 1.41. The zero-order chi connectivity index (χ0) is 21.7. The Morgan fingerprint density at radius 2 is 2.00 bits per heavy atom. The van der Waals surface area contributed by atoms with Crippen molar-refractivity contribution >= 4 is 11.8 Å². The van der Waals surface area contributed by atoms with Gasteiger partial charge >= 0.3 is 0 Å².